The zero-order valence-electron chi connectivity index (χ0n) is 32.2. The lowest BCUT2D eigenvalue weighted by molar-refractivity contribution is -0.0961. The Morgan fingerprint density at radius 2 is 1.80 bits per heavy atom. The molecule has 3 fully saturated rings. The lowest BCUT2D eigenvalue weighted by Crippen LogP contribution is -2.62. The summed E-state index contributed by atoms with van der Waals surface area (Å²) in [6, 6.07) is 11.6. The number of hydrogen-bond donors (Lipinski definition) is 1. The van der Waals surface area contributed by atoms with Crippen LogP contribution in [0.4, 0.5) is 5.69 Å². The van der Waals surface area contributed by atoms with Crippen molar-refractivity contribution < 1.29 is 31.1 Å². The highest BCUT2D eigenvalue weighted by atomic mass is 35.5. The number of carbonyl (C=O) groups is 1. The maximum absolute atomic E-state index is 13.7. The monoisotopic (exact) mass is 814 g/mol. The van der Waals surface area contributed by atoms with E-state index in [0.29, 0.717) is 31.9 Å². The first-order chi connectivity index (χ1) is 26.2. The molecule has 6 atom stereocenters. The molecule has 8 rings (SSSR count). The van der Waals surface area contributed by atoms with E-state index in [1.165, 1.54) is 11.1 Å². The van der Waals surface area contributed by atoms with E-state index in [1.807, 2.05) is 25.1 Å². The summed E-state index contributed by atoms with van der Waals surface area (Å²) in [4.78, 5) is 20.8. The molecule has 2 aromatic carbocycles. The molecule has 1 amide bonds. The molecule has 4 aliphatic heterocycles. The Bertz CT molecular complexity index is 2040. The molecule has 300 valence electrons. The molecule has 1 N–H and O–H groups in total. The minimum atomic E-state index is -3.99. The quantitative estimate of drug-likeness (QED) is 0.436. The van der Waals surface area contributed by atoms with Crippen LogP contribution in [0.15, 0.2) is 48.6 Å². The second-order valence-electron chi connectivity index (χ2n) is 17.2. The fourth-order valence-electron chi connectivity index (χ4n) is 10.2. The van der Waals surface area contributed by atoms with Gasteiger partial charge in [0.1, 0.15) is 11.4 Å². The highest BCUT2D eigenvalue weighted by Crippen LogP contribution is 2.49. The molecule has 1 saturated carbocycles. The average Bonchev–Trinajstić information content (AvgIpc) is 3.28. The van der Waals surface area contributed by atoms with Gasteiger partial charge in [-0.2, -0.15) is 0 Å². The van der Waals surface area contributed by atoms with Gasteiger partial charge in [-0.15, -0.1) is 0 Å². The van der Waals surface area contributed by atoms with Crippen molar-refractivity contribution >= 4 is 43.1 Å². The number of sulfone groups is 1. The first-order valence-corrected chi connectivity index (χ1v) is 23.7. The topological polar surface area (TPSA) is 126 Å². The van der Waals surface area contributed by atoms with Crippen molar-refractivity contribution in [2.75, 3.05) is 75.9 Å². The van der Waals surface area contributed by atoms with Crippen molar-refractivity contribution in [1.82, 2.24) is 14.5 Å². The minimum absolute atomic E-state index is 0.115. The average molecular weight is 815 g/mol. The second-order valence-corrected chi connectivity index (χ2v) is 21.9. The molecule has 2 saturated heterocycles. The maximum atomic E-state index is 13.7. The van der Waals surface area contributed by atoms with E-state index in [4.69, 9.17) is 21.1 Å². The number of sulfonamides is 1. The number of nitrogens with zero attached hydrogens (tertiary/aromatic N) is 3. The number of allylic oxidation sites excluding steroid dienone is 1. The van der Waals surface area contributed by atoms with Crippen LogP contribution in [0.3, 0.4) is 0 Å². The van der Waals surface area contributed by atoms with Crippen molar-refractivity contribution in [1.29, 1.82) is 0 Å². The van der Waals surface area contributed by atoms with E-state index in [9.17, 15) is 21.6 Å². The number of methoxy groups -OCH3 is 1. The molecule has 11 nitrogen and oxygen atoms in total. The number of benzene rings is 2. The Hall–Kier alpha value is -2.68. The number of hydrogen-bond acceptors (Lipinski definition) is 10. The number of amides is 1. The fourth-order valence-corrected chi connectivity index (χ4v) is 13.2. The molecule has 14 heteroatoms. The molecule has 2 aliphatic carbocycles. The third kappa shape index (κ3) is 7.58. The van der Waals surface area contributed by atoms with Gasteiger partial charge in [0, 0.05) is 75.0 Å². The molecule has 2 bridgehead atoms. The fraction of sp³-hybridized carbons (Fsp3) is 0.634. The number of nitrogens with one attached hydrogen (secondary N) is 1. The van der Waals surface area contributed by atoms with E-state index in [2.05, 4.69) is 43.7 Å². The first kappa shape index (κ1) is 39.2. The number of carbonyl (C=O) groups excluding carboxylic acids is 1. The van der Waals surface area contributed by atoms with Crippen LogP contribution in [0, 0.1) is 17.8 Å². The Morgan fingerprint density at radius 1 is 1.02 bits per heavy atom. The number of halogens is 1. The number of anilines is 1. The molecule has 55 heavy (non-hydrogen) atoms. The van der Waals surface area contributed by atoms with Crippen LogP contribution in [0.25, 0.3) is 0 Å². The summed E-state index contributed by atoms with van der Waals surface area (Å²) < 4.78 is 66.8. The molecule has 0 aromatic heterocycles. The highest BCUT2D eigenvalue weighted by Gasteiger charge is 2.50. The third-order valence-corrected chi connectivity index (χ3v) is 17.8. The van der Waals surface area contributed by atoms with Crippen LogP contribution in [0.1, 0.15) is 67.4 Å². The van der Waals surface area contributed by atoms with Gasteiger partial charge in [-0.1, -0.05) is 36.7 Å². The Balaban J connectivity index is 1.15. The lowest BCUT2D eigenvalue weighted by Gasteiger charge is -2.52. The van der Waals surface area contributed by atoms with Gasteiger partial charge in [-0.25, -0.2) is 21.6 Å². The summed E-state index contributed by atoms with van der Waals surface area (Å²) in [5.41, 5.74) is 2.68. The molecule has 6 aliphatic rings. The smallest absolute Gasteiger partial charge is 0.264 e. The van der Waals surface area contributed by atoms with E-state index >= 15 is 0 Å². The van der Waals surface area contributed by atoms with Gasteiger partial charge in [0.25, 0.3) is 5.91 Å². The lowest BCUT2D eigenvalue weighted by atomic mass is 9.63. The summed E-state index contributed by atoms with van der Waals surface area (Å²) in [5, 5.41) is -0.0854. The predicted octanol–water partition coefficient (Wildman–Crippen LogP) is 4.68. The van der Waals surface area contributed by atoms with Crippen molar-refractivity contribution in [3.8, 4) is 5.75 Å². The Labute approximate surface area is 331 Å². The van der Waals surface area contributed by atoms with E-state index < -0.39 is 36.6 Å². The van der Waals surface area contributed by atoms with Gasteiger partial charge in [-0.3, -0.25) is 14.6 Å². The van der Waals surface area contributed by atoms with Gasteiger partial charge in [0.2, 0.25) is 10.0 Å². The number of aryl methyl sites for hydroxylation is 1. The van der Waals surface area contributed by atoms with Crippen molar-refractivity contribution in [2.45, 2.75) is 74.7 Å². The van der Waals surface area contributed by atoms with Crippen LogP contribution in [0.5, 0.6) is 5.75 Å². The van der Waals surface area contributed by atoms with Crippen LogP contribution in [-0.4, -0.2) is 120 Å². The van der Waals surface area contributed by atoms with Crippen molar-refractivity contribution in [3.05, 3.63) is 70.3 Å². The second kappa shape index (κ2) is 14.9. The maximum Gasteiger partial charge on any atom is 0.264 e. The minimum Gasteiger partial charge on any atom is -0.490 e. The molecule has 4 heterocycles. The van der Waals surface area contributed by atoms with Crippen molar-refractivity contribution in [3.63, 3.8) is 0 Å². The molecule has 0 unspecified atom stereocenters. The number of fused-ring (bicyclic) bond motifs is 4. The summed E-state index contributed by atoms with van der Waals surface area (Å²) in [7, 11) is -5.08. The molecule has 2 aromatic rings. The summed E-state index contributed by atoms with van der Waals surface area (Å²) in [6.07, 6.45) is 9.76. The number of ether oxygens (including phenoxy) is 2. The molecular weight excluding hydrogens is 760 g/mol. The first-order valence-electron chi connectivity index (χ1n) is 20.0. The van der Waals surface area contributed by atoms with E-state index in [1.54, 1.807) is 20.1 Å². The number of piperazine rings is 1. The van der Waals surface area contributed by atoms with Gasteiger partial charge < -0.3 is 14.4 Å². The summed E-state index contributed by atoms with van der Waals surface area (Å²) in [5.74, 6) is 0.773. The van der Waals surface area contributed by atoms with Gasteiger partial charge in [0.15, 0.2) is 9.84 Å². The molecule has 1 spiro atoms. The normalized spacial score (nSPS) is 34.5. The zero-order chi connectivity index (χ0) is 38.8. The summed E-state index contributed by atoms with van der Waals surface area (Å²) in [6.45, 7) is 9.44. The van der Waals surface area contributed by atoms with Crippen LogP contribution in [0.2, 0.25) is 5.02 Å². The van der Waals surface area contributed by atoms with Crippen molar-refractivity contribution in [2.24, 2.45) is 17.8 Å². The standard InChI is InChI=1S/C41H55ClN4O7S2/c1-28-6-4-15-41(52-3,26-44-16-18-45(19-17-44)34-23-54(48,49)24-34)36-11-8-32(36)22-46-25-40(14-5-7-30-20-33(42)10-12-35(30)40)27-53-38-13-9-31(21-37(38)46)39(47)43-55(50,51)29(28)2/h4,9-10,12-13,15,20-21,28-29,32,34,36H,5-8,11,14,16-19,22-27H2,1-3H3,(H,43,47)/b15-4-/t28-,29+,32-,36+,40-,41+/m0/s1. The van der Waals surface area contributed by atoms with Gasteiger partial charge in [0.05, 0.1) is 29.0 Å². The summed E-state index contributed by atoms with van der Waals surface area (Å²) >= 11 is 6.50. The van der Waals surface area contributed by atoms with E-state index in [0.717, 1.165) is 75.5 Å². The van der Waals surface area contributed by atoms with Crippen LogP contribution < -0.4 is 14.4 Å². The SMILES string of the molecule is CO[C@@]1(CN2CCN(C3CS(=O)(=O)C3)CC2)/C=C\C[C@H](C)[C@@H](C)S(=O)(=O)NC(=O)c2ccc3c(c2)N(C[C@@H]2CC[C@H]21)C[C@@]1(CCCc2cc(Cl)ccc21)CO3. The van der Waals surface area contributed by atoms with E-state index in [-0.39, 0.29) is 46.3 Å². The zero-order valence-corrected chi connectivity index (χ0v) is 34.6. The largest absolute Gasteiger partial charge is 0.490 e. The van der Waals surface area contributed by atoms with Gasteiger partial charge in [-0.05, 0) is 105 Å². The van der Waals surface area contributed by atoms with Crippen LogP contribution >= 0.6 is 11.6 Å². The Kier molecular flexibility index (Phi) is 10.6. The predicted molar refractivity (Wildman–Crippen MR) is 215 cm³/mol. The molecule has 0 radical (unpaired) electrons. The van der Waals surface area contributed by atoms with Crippen LogP contribution in [-0.2, 0) is 36.4 Å². The third-order valence-electron chi connectivity index (χ3n) is 13.9. The molecular formula is C41H55ClN4O7S2. The highest BCUT2D eigenvalue weighted by molar-refractivity contribution is 7.92. The van der Waals surface area contributed by atoms with Gasteiger partial charge >= 0.3 is 0 Å². The number of rotatable bonds is 4. The Morgan fingerprint density at radius 3 is 2.51 bits per heavy atom.